The monoisotopic (exact) mass is 428 g/mol. The first-order chi connectivity index (χ1) is 15.5. The summed E-state index contributed by atoms with van der Waals surface area (Å²) >= 11 is 0. The van der Waals surface area contributed by atoms with E-state index in [0.29, 0.717) is 29.0 Å². The number of carbonyl (C=O) groups is 1. The minimum absolute atomic E-state index is 0.397. The van der Waals surface area contributed by atoms with Gasteiger partial charge in [-0.3, -0.25) is 5.10 Å². The minimum Gasteiger partial charge on any atom is -0.439 e. The number of hydrogen-bond acceptors (Lipinski definition) is 5. The number of ether oxygens (including phenoxy) is 1. The lowest BCUT2D eigenvalue weighted by molar-refractivity contribution is 0.249. The molecule has 0 radical (unpaired) electrons. The lowest BCUT2D eigenvalue weighted by atomic mass is 10.1. The van der Waals surface area contributed by atoms with Gasteiger partial charge in [-0.25, -0.2) is 14.8 Å². The van der Waals surface area contributed by atoms with Crippen LogP contribution < -0.4 is 15.4 Å². The lowest BCUT2D eigenvalue weighted by Crippen LogP contribution is -2.33. The first-order valence-corrected chi connectivity index (χ1v) is 10.2. The molecule has 1 unspecified atom stereocenters. The van der Waals surface area contributed by atoms with Crippen LogP contribution in [0.25, 0.3) is 0 Å². The highest BCUT2D eigenvalue weighted by Gasteiger charge is 2.21. The highest BCUT2D eigenvalue weighted by Crippen LogP contribution is 2.23. The molecule has 2 amide bonds. The van der Waals surface area contributed by atoms with E-state index in [1.165, 1.54) is 5.56 Å². The fourth-order valence-electron chi connectivity index (χ4n) is 3.14. The maximum absolute atomic E-state index is 12.7. The molecule has 0 spiro atoms. The highest BCUT2D eigenvalue weighted by molar-refractivity contribution is 5.89. The van der Waals surface area contributed by atoms with Gasteiger partial charge in [-0.05, 0) is 55.7 Å². The molecule has 0 bridgehead atoms. The molecule has 8 heteroatoms. The largest absolute Gasteiger partial charge is 0.439 e. The summed E-state index contributed by atoms with van der Waals surface area (Å²) in [6.45, 7) is 5.89. The van der Waals surface area contributed by atoms with Crippen molar-refractivity contribution >= 4 is 11.7 Å². The first-order valence-electron chi connectivity index (χ1n) is 10.2. The predicted molar refractivity (Wildman–Crippen MR) is 122 cm³/mol. The van der Waals surface area contributed by atoms with Gasteiger partial charge in [-0.1, -0.05) is 36.4 Å². The Hall–Kier alpha value is -4.20. The van der Waals surface area contributed by atoms with Gasteiger partial charge in [0.05, 0.1) is 11.9 Å². The van der Waals surface area contributed by atoms with Crippen LogP contribution in [0.5, 0.6) is 11.6 Å². The average Bonchev–Trinajstić information content (AvgIpc) is 3.22. The first kappa shape index (κ1) is 21.0. The van der Waals surface area contributed by atoms with Crippen molar-refractivity contribution in [3.63, 3.8) is 0 Å². The van der Waals surface area contributed by atoms with Crippen LogP contribution in [0.15, 0.2) is 66.9 Å². The van der Waals surface area contributed by atoms with Crippen LogP contribution in [0.1, 0.15) is 34.4 Å². The van der Waals surface area contributed by atoms with Crippen molar-refractivity contribution in [1.29, 1.82) is 0 Å². The number of aryl methyl sites for hydroxylation is 3. The average molecular weight is 428 g/mol. The molecule has 0 saturated carbocycles. The summed E-state index contributed by atoms with van der Waals surface area (Å²) in [5, 5.41) is 12.7. The van der Waals surface area contributed by atoms with Crippen LogP contribution in [0.2, 0.25) is 0 Å². The summed E-state index contributed by atoms with van der Waals surface area (Å²) in [5.74, 6) is 2.31. The Labute approximate surface area is 186 Å². The van der Waals surface area contributed by atoms with Gasteiger partial charge in [0.15, 0.2) is 5.82 Å². The SMILES string of the molecule is Cc1nc(C(NC(=O)Nc2ccc(Oc3ccc(C)c(C)c3)nc2)c2ccccc2)n[nH]1. The number of H-pyrrole nitrogens is 1. The zero-order chi connectivity index (χ0) is 22.5. The van der Waals surface area contributed by atoms with Gasteiger partial charge in [0, 0.05) is 6.07 Å². The third-order valence-corrected chi connectivity index (χ3v) is 4.98. The number of rotatable bonds is 6. The number of pyridine rings is 1. The maximum Gasteiger partial charge on any atom is 0.320 e. The van der Waals surface area contributed by atoms with E-state index in [0.717, 1.165) is 11.1 Å². The van der Waals surface area contributed by atoms with Crippen molar-refractivity contribution in [2.75, 3.05) is 5.32 Å². The Morgan fingerprint density at radius 2 is 1.81 bits per heavy atom. The molecule has 162 valence electrons. The number of carbonyl (C=O) groups excluding carboxylic acids is 1. The number of aromatic amines is 1. The van der Waals surface area contributed by atoms with Gasteiger partial charge >= 0.3 is 6.03 Å². The zero-order valence-electron chi connectivity index (χ0n) is 18.1. The summed E-state index contributed by atoms with van der Waals surface area (Å²) in [7, 11) is 0. The molecular weight excluding hydrogens is 404 g/mol. The summed E-state index contributed by atoms with van der Waals surface area (Å²) in [4.78, 5) is 21.3. The molecule has 4 rings (SSSR count). The smallest absolute Gasteiger partial charge is 0.320 e. The molecule has 0 fully saturated rings. The summed E-state index contributed by atoms with van der Waals surface area (Å²) < 4.78 is 5.80. The fourth-order valence-corrected chi connectivity index (χ4v) is 3.14. The Balaban J connectivity index is 1.42. The van der Waals surface area contributed by atoms with E-state index in [9.17, 15) is 4.79 Å². The molecule has 3 N–H and O–H groups in total. The fraction of sp³-hybridized carbons (Fsp3) is 0.167. The number of nitrogens with one attached hydrogen (secondary N) is 3. The van der Waals surface area contributed by atoms with E-state index < -0.39 is 12.1 Å². The minimum atomic E-state index is -0.499. The van der Waals surface area contributed by atoms with Crippen molar-refractivity contribution in [3.05, 3.63) is 95.2 Å². The molecule has 32 heavy (non-hydrogen) atoms. The number of anilines is 1. The lowest BCUT2D eigenvalue weighted by Gasteiger charge is -2.17. The molecule has 1 atom stereocenters. The summed E-state index contributed by atoms with van der Waals surface area (Å²) in [6, 6.07) is 18.0. The van der Waals surface area contributed by atoms with Crippen LogP contribution in [0, 0.1) is 20.8 Å². The van der Waals surface area contributed by atoms with E-state index in [4.69, 9.17) is 4.74 Å². The van der Waals surface area contributed by atoms with Gasteiger partial charge in [0.25, 0.3) is 0 Å². The van der Waals surface area contributed by atoms with E-state index in [1.807, 2.05) is 62.4 Å². The molecule has 0 saturated heterocycles. The number of nitrogens with zero attached hydrogens (tertiary/aromatic N) is 3. The van der Waals surface area contributed by atoms with E-state index in [1.54, 1.807) is 18.3 Å². The van der Waals surface area contributed by atoms with E-state index >= 15 is 0 Å². The van der Waals surface area contributed by atoms with Crippen LogP contribution in [0.4, 0.5) is 10.5 Å². The van der Waals surface area contributed by atoms with Crippen molar-refractivity contribution in [2.24, 2.45) is 0 Å². The van der Waals surface area contributed by atoms with Crippen molar-refractivity contribution in [2.45, 2.75) is 26.8 Å². The second kappa shape index (κ2) is 9.30. The van der Waals surface area contributed by atoms with Gasteiger partial charge in [0.1, 0.15) is 17.6 Å². The molecule has 4 aromatic rings. The zero-order valence-corrected chi connectivity index (χ0v) is 18.1. The Morgan fingerprint density at radius 3 is 2.47 bits per heavy atom. The van der Waals surface area contributed by atoms with Crippen molar-refractivity contribution in [3.8, 4) is 11.6 Å². The number of aromatic nitrogens is 4. The molecule has 8 nitrogen and oxygen atoms in total. The second-order valence-corrected chi connectivity index (χ2v) is 7.45. The molecule has 2 aromatic carbocycles. The number of amides is 2. The normalized spacial score (nSPS) is 11.6. The topological polar surface area (TPSA) is 105 Å². The third-order valence-electron chi connectivity index (χ3n) is 4.98. The van der Waals surface area contributed by atoms with Gasteiger partial charge < -0.3 is 15.4 Å². The molecule has 0 aliphatic heterocycles. The van der Waals surface area contributed by atoms with Crippen LogP contribution in [0.3, 0.4) is 0 Å². The van der Waals surface area contributed by atoms with Crippen LogP contribution in [-0.4, -0.2) is 26.2 Å². The number of urea groups is 1. The molecule has 0 aliphatic rings. The summed E-state index contributed by atoms with van der Waals surface area (Å²) in [6.07, 6.45) is 1.55. The highest BCUT2D eigenvalue weighted by atomic mass is 16.5. The van der Waals surface area contributed by atoms with Gasteiger partial charge in [-0.15, -0.1) is 0 Å². The second-order valence-electron chi connectivity index (χ2n) is 7.45. The number of hydrogen-bond donors (Lipinski definition) is 3. The molecule has 0 aliphatic carbocycles. The maximum atomic E-state index is 12.7. The van der Waals surface area contributed by atoms with Crippen molar-refractivity contribution < 1.29 is 9.53 Å². The standard InChI is InChI=1S/C24H24N6O2/c1-15-9-11-20(13-16(15)2)32-21-12-10-19(14-25-21)27-24(31)28-22(18-7-5-4-6-8-18)23-26-17(3)29-30-23/h4-14,22H,1-3H3,(H,26,29,30)(H2,27,28,31). The Morgan fingerprint density at radius 1 is 1.00 bits per heavy atom. The van der Waals surface area contributed by atoms with Gasteiger partial charge in [0.2, 0.25) is 5.88 Å². The Kier molecular flexibility index (Phi) is 6.12. The van der Waals surface area contributed by atoms with Crippen LogP contribution >= 0.6 is 0 Å². The molecule has 2 heterocycles. The van der Waals surface area contributed by atoms with Crippen LogP contribution in [-0.2, 0) is 0 Å². The summed E-state index contributed by atoms with van der Waals surface area (Å²) in [5.41, 5.74) is 3.75. The van der Waals surface area contributed by atoms with Crippen molar-refractivity contribution in [1.82, 2.24) is 25.5 Å². The quantitative estimate of drug-likeness (QED) is 0.408. The number of benzene rings is 2. The third kappa shape index (κ3) is 5.10. The van der Waals surface area contributed by atoms with E-state index in [2.05, 4.69) is 37.7 Å². The Bertz CT molecular complexity index is 1200. The van der Waals surface area contributed by atoms with E-state index in [-0.39, 0.29) is 0 Å². The molecular formula is C24H24N6O2. The van der Waals surface area contributed by atoms with Gasteiger partial charge in [-0.2, -0.15) is 5.10 Å². The molecule has 2 aromatic heterocycles. The predicted octanol–water partition coefficient (Wildman–Crippen LogP) is 4.83.